The molecular weight excluding hydrogens is 252 g/mol. The van der Waals surface area contributed by atoms with Crippen LogP contribution >= 0.6 is 15.9 Å². The summed E-state index contributed by atoms with van der Waals surface area (Å²) < 4.78 is 2.14. The fourth-order valence-corrected chi connectivity index (χ4v) is 3.38. The fraction of sp³-hybridized carbons (Fsp3) is 0.750. The monoisotopic (exact) mass is 270 g/mol. The first-order chi connectivity index (χ1) is 7.33. The normalized spacial score (nSPS) is 27.6. The maximum absolute atomic E-state index is 4.37. The van der Waals surface area contributed by atoms with Crippen molar-refractivity contribution in [3.63, 3.8) is 0 Å². The Hall–Kier alpha value is -0.310. The number of hydrogen-bond acceptors (Lipinski definition) is 1. The van der Waals surface area contributed by atoms with E-state index in [1.165, 1.54) is 37.8 Å². The molecule has 2 nitrogen and oxygen atoms in total. The molecule has 15 heavy (non-hydrogen) atoms. The molecule has 0 spiro atoms. The molecule has 0 radical (unpaired) electrons. The van der Waals surface area contributed by atoms with Crippen molar-refractivity contribution < 1.29 is 0 Å². The average Bonchev–Trinajstić information content (AvgIpc) is 2.61. The van der Waals surface area contributed by atoms with Crippen molar-refractivity contribution in [2.24, 2.45) is 0 Å². The summed E-state index contributed by atoms with van der Waals surface area (Å²) in [6, 6.07) is 2.19. The summed E-state index contributed by atoms with van der Waals surface area (Å²) in [4.78, 5) is 0.641. The molecule has 2 rings (SSSR count). The smallest absolute Gasteiger partial charge is 0.0492 e. The first-order valence-corrected chi connectivity index (χ1v) is 6.90. The van der Waals surface area contributed by atoms with Gasteiger partial charge in [-0.3, -0.25) is 4.68 Å². The quantitative estimate of drug-likeness (QED) is 0.592. The van der Waals surface area contributed by atoms with Crippen LogP contribution in [0, 0.1) is 0 Å². The van der Waals surface area contributed by atoms with Gasteiger partial charge in [0.05, 0.1) is 0 Å². The third-order valence-corrected chi connectivity index (χ3v) is 4.46. The Morgan fingerprint density at radius 2 is 2.20 bits per heavy atom. The minimum Gasteiger partial charge on any atom is -0.270 e. The average molecular weight is 271 g/mol. The largest absolute Gasteiger partial charge is 0.270 e. The number of hydrogen-bond donors (Lipinski definition) is 0. The molecule has 1 fully saturated rings. The van der Waals surface area contributed by atoms with Crippen molar-refractivity contribution in [2.45, 2.75) is 56.3 Å². The number of aromatic nitrogens is 2. The van der Waals surface area contributed by atoms with Gasteiger partial charge in [0.25, 0.3) is 0 Å². The van der Waals surface area contributed by atoms with Crippen molar-refractivity contribution in [1.82, 2.24) is 9.78 Å². The number of halogens is 1. The molecule has 1 aliphatic carbocycles. The summed E-state index contributed by atoms with van der Waals surface area (Å²) in [6.07, 6.45) is 8.66. The maximum atomic E-state index is 4.37. The number of rotatable bonds is 2. The molecule has 1 aromatic heterocycles. The van der Waals surface area contributed by atoms with E-state index < -0.39 is 0 Å². The van der Waals surface area contributed by atoms with Gasteiger partial charge >= 0.3 is 0 Å². The van der Waals surface area contributed by atoms with Crippen LogP contribution in [0.3, 0.4) is 0 Å². The van der Waals surface area contributed by atoms with E-state index in [-0.39, 0.29) is 0 Å². The topological polar surface area (TPSA) is 17.8 Å². The van der Waals surface area contributed by atoms with Crippen LogP contribution in [0.5, 0.6) is 0 Å². The molecule has 2 unspecified atom stereocenters. The van der Waals surface area contributed by atoms with Crippen molar-refractivity contribution in [3.05, 3.63) is 18.0 Å². The molecule has 1 aliphatic rings. The minimum atomic E-state index is 0.641. The molecule has 0 aliphatic heterocycles. The molecule has 1 heterocycles. The third kappa shape index (κ3) is 2.44. The highest BCUT2D eigenvalue weighted by Gasteiger charge is 2.25. The SMILES string of the molecule is CCn1nccc1C1CCCCCC1Br. The van der Waals surface area contributed by atoms with E-state index >= 15 is 0 Å². The standard InChI is InChI=1S/C12H19BrN2/c1-2-15-12(8-9-14-15)10-6-4-3-5-7-11(10)13/h8-11H,2-7H2,1H3. The molecule has 1 saturated carbocycles. The molecule has 2 atom stereocenters. The Morgan fingerprint density at radius 3 is 3.00 bits per heavy atom. The van der Waals surface area contributed by atoms with Gasteiger partial charge in [-0.15, -0.1) is 0 Å². The van der Waals surface area contributed by atoms with E-state index in [1.807, 2.05) is 6.20 Å². The second kappa shape index (κ2) is 5.15. The summed E-state index contributed by atoms with van der Waals surface area (Å²) in [5.41, 5.74) is 1.42. The zero-order valence-corrected chi connectivity index (χ0v) is 10.9. The number of nitrogens with zero attached hydrogens (tertiary/aromatic N) is 2. The Kier molecular flexibility index (Phi) is 3.84. The predicted molar refractivity (Wildman–Crippen MR) is 66.4 cm³/mol. The van der Waals surface area contributed by atoms with Gasteiger partial charge in [0, 0.05) is 29.2 Å². The second-order valence-electron chi connectivity index (χ2n) is 4.33. The fourth-order valence-electron chi connectivity index (χ4n) is 2.52. The predicted octanol–water partition coefficient (Wildman–Crippen LogP) is 3.71. The van der Waals surface area contributed by atoms with Gasteiger partial charge in [-0.2, -0.15) is 5.10 Å². The van der Waals surface area contributed by atoms with Crippen LogP contribution in [0.2, 0.25) is 0 Å². The lowest BCUT2D eigenvalue weighted by Crippen LogP contribution is -2.15. The van der Waals surface area contributed by atoms with Crippen LogP contribution in [0.1, 0.15) is 50.6 Å². The highest BCUT2D eigenvalue weighted by atomic mass is 79.9. The van der Waals surface area contributed by atoms with Gasteiger partial charge in [-0.05, 0) is 25.8 Å². The molecule has 1 aromatic rings. The minimum absolute atomic E-state index is 0.641. The van der Waals surface area contributed by atoms with E-state index in [4.69, 9.17) is 0 Å². The Balaban J connectivity index is 2.19. The van der Waals surface area contributed by atoms with Gasteiger partial charge in [-0.1, -0.05) is 35.2 Å². The zero-order chi connectivity index (χ0) is 10.7. The Morgan fingerprint density at radius 1 is 1.40 bits per heavy atom. The first-order valence-electron chi connectivity index (χ1n) is 5.98. The molecule has 0 aromatic carbocycles. The highest BCUT2D eigenvalue weighted by Crippen LogP contribution is 2.36. The highest BCUT2D eigenvalue weighted by molar-refractivity contribution is 9.09. The first kappa shape index (κ1) is 11.2. The summed E-state index contributed by atoms with van der Waals surface area (Å²) >= 11 is 3.85. The van der Waals surface area contributed by atoms with Crippen LogP contribution < -0.4 is 0 Å². The van der Waals surface area contributed by atoms with E-state index in [2.05, 4.69) is 38.7 Å². The van der Waals surface area contributed by atoms with Crippen LogP contribution in [0.25, 0.3) is 0 Å². The van der Waals surface area contributed by atoms with Gasteiger partial charge < -0.3 is 0 Å². The molecule has 0 N–H and O–H groups in total. The van der Waals surface area contributed by atoms with E-state index in [0.29, 0.717) is 10.7 Å². The zero-order valence-electron chi connectivity index (χ0n) is 9.32. The van der Waals surface area contributed by atoms with Crippen molar-refractivity contribution in [2.75, 3.05) is 0 Å². The van der Waals surface area contributed by atoms with E-state index in [9.17, 15) is 0 Å². The summed E-state index contributed by atoms with van der Waals surface area (Å²) in [5.74, 6) is 0.662. The van der Waals surface area contributed by atoms with Crippen molar-refractivity contribution in [3.8, 4) is 0 Å². The Bertz CT molecular complexity index is 308. The van der Waals surface area contributed by atoms with Gasteiger partial charge in [-0.25, -0.2) is 0 Å². The van der Waals surface area contributed by atoms with Gasteiger partial charge in [0.1, 0.15) is 0 Å². The Labute approximate surface area is 100 Å². The van der Waals surface area contributed by atoms with E-state index in [0.717, 1.165) is 6.54 Å². The molecule has 0 amide bonds. The maximum Gasteiger partial charge on any atom is 0.0492 e. The molecule has 3 heteroatoms. The summed E-state index contributed by atoms with van der Waals surface area (Å²) in [7, 11) is 0. The summed E-state index contributed by atoms with van der Waals surface area (Å²) in [5, 5.41) is 4.37. The van der Waals surface area contributed by atoms with Crippen molar-refractivity contribution >= 4 is 15.9 Å². The second-order valence-corrected chi connectivity index (χ2v) is 5.51. The molecule has 0 saturated heterocycles. The lowest BCUT2D eigenvalue weighted by Gasteiger charge is -2.20. The van der Waals surface area contributed by atoms with Gasteiger partial charge in [0.15, 0.2) is 0 Å². The lowest BCUT2D eigenvalue weighted by atomic mass is 9.96. The van der Waals surface area contributed by atoms with Crippen LogP contribution in [-0.2, 0) is 6.54 Å². The van der Waals surface area contributed by atoms with Crippen molar-refractivity contribution in [1.29, 1.82) is 0 Å². The molecular formula is C12H19BrN2. The van der Waals surface area contributed by atoms with Crippen LogP contribution in [-0.4, -0.2) is 14.6 Å². The van der Waals surface area contributed by atoms with Crippen LogP contribution in [0.4, 0.5) is 0 Å². The van der Waals surface area contributed by atoms with E-state index in [1.54, 1.807) is 0 Å². The summed E-state index contributed by atoms with van der Waals surface area (Å²) in [6.45, 7) is 3.15. The lowest BCUT2D eigenvalue weighted by molar-refractivity contribution is 0.529. The number of aryl methyl sites for hydroxylation is 1. The van der Waals surface area contributed by atoms with Crippen LogP contribution in [0.15, 0.2) is 12.3 Å². The number of alkyl halides is 1. The molecule has 84 valence electrons. The molecule has 0 bridgehead atoms. The third-order valence-electron chi connectivity index (χ3n) is 3.36. The van der Waals surface area contributed by atoms with Gasteiger partial charge in [0.2, 0.25) is 0 Å².